The van der Waals surface area contributed by atoms with Crippen LogP contribution in [0.2, 0.25) is 10.0 Å². The van der Waals surface area contributed by atoms with Crippen LogP contribution in [0.15, 0.2) is 67.4 Å². The van der Waals surface area contributed by atoms with Gasteiger partial charge in [0.05, 0.1) is 24.2 Å². The molecule has 192 valence electrons. The van der Waals surface area contributed by atoms with Gasteiger partial charge in [-0.05, 0) is 64.3 Å². The van der Waals surface area contributed by atoms with E-state index >= 15 is 0 Å². The van der Waals surface area contributed by atoms with Crippen LogP contribution in [-0.2, 0) is 13.0 Å². The van der Waals surface area contributed by atoms with Crippen molar-refractivity contribution in [2.45, 2.75) is 32.8 Å². The van der Waals surface area contributed by atoms with Crippen molar-refractivity contribution in [1.82, 2.24) is 9.66 Å². The van der Waals surface area contributed by atoms with E-state index in [1.54, 1.807) is 30.5 Å². The average Bonchev–Trinajstić information content (AvgIpc) is 2.90. The molecule has 0 aliphatic carbocycles. The van der Waals surface area contributed by atoms with Gasteiger partial charge in [0, 0.05) is 26.0 Å². The maximum absolute atomic E-state index is 13.4. The summed E-state index contributed by atoms with van der Waals surface area (Å²) < 4.78 is 14.2. The van der Waals surface area contributed by atoms with Crippen molar-refractivity contribution >= 4 is 72.2 Å². The number of rotatable bonds is 9. The molecule has 3 aromatic carbocycles. The van der Waals surface area contributed by atoms with Crippen LogP contribution in [0.5, 0.6) is 11.5 Å². The molecule has 10 heteroatoms. The summed E-state index contributed by atoms with van der Waals surface area (Å²) in [6.07, 6.45) is 4.03. The maximum atomic E-state index is 13.4. The molecule has 1 aromatic heterocycles. The molecule has 0 amide bonds. The van der Waals surface area contributed by atoms with Gasteiger partial charge in [-0.3, -0.25) is 4.79 Å². The third-order valence-electron chi connectivity index (χ3n) is 5.61. The molecule has 0 spiro atoms. The summed E-state index contributed by atoms with van der Waals surface area (Å²) >= 11 is 19.6. The first-order chi connectivity index (χ1) is 17.8. The van der Waals surface area contributed by atoms with Crippen LogP contribution >= 0.6 is 55.1 Å². The van der Waals surface area contributed by atoms with E-state index in [-0.39, 0.29) is 12.2 Å². The van der Waals surface area contributed by atoms with Crippen LogP contribution in [0, 0.1) is 0 Å². The van der Waals surface area contributed by atoms with Crippen molar-refractivity contribution < 1.29 is 9.47 Å². The van der Waals surface area contributed by atoms with Crippen LogP contribution in [0.4, 0.5) is 0 Å². The van der Waals surface area contributed by atoms with E-state index in [0.29, 0.717) is 54.7 Å². The first-order valence-corrected chi connectivity index (χ1v) is 13.8. The van der Waals surface area contributed by atoms with Crippen molar-refractivity contribution in [2.24, 2.45) is 5.10 Å². The molecular formula is C27H23Br2Cl2N3O3. The Hall–Kier alpha value is -2.39. The number of benzene rings is 3. The Bertz CT molecular complexity index is 1520. The lowest BCUT2D eigenvalue weighted by Crippen LogP contribution is -2.22. The third kappa shape index (κ3) is 6.37. The van der Waals surface area contributed by atoms with Gasteiger partial charge in [-0.1, -0.05) is 64.6 Å². The van der Waals surface area contributed by atoms with Crippen LogP contribution in [0.25, 0.3) is 10.9 Å². The number of aromatic nitrogens is 2. The van der Waals surface area contributed by atoms with E-state index in [0.717, 1.165) is 22.9 Å². The molecule has 0 radical (unpaired) electrons. The van der Waals surface area contributed by atoms with Crippen LogP contribution in [0.1, 0.15) is 36.7 Å². The summed E-state index contributed by atoms with van der Waals surface area (Å²) in [6, 6.07) is 14.5. The van der Waals surface area contributed by atoms with Gasteiger partial charge in [-0.25, -0.2) is 4.98 Å². The Balaban J connectivity index is 1.71. The number of methoxy groups -OCH3 is 1. The molecular weight excluding hydrogens is 645 g/mol. The molecule has 1 heterocycles. The number of hydrogen-bond acceptors (Lipinski definition) is 5. The van der Waals surface area contributed by atoms with Crippen LogP contribution in [0.3, 0.4) is 0 Å². The minimum absolute atomic E-state index is 0.245. The van der Waals surface area contributed by atoms with Gasteiger partial charge in [-0.15, -0.1) is 0 Å². The number of nitrogens with zero attached hydrogens (tertiary/aromatic N) is 3. The second-order valence-corrected chi connectivity index (χ2v) is 10.7. The molecule has 0 fully saturated rings. The SMILES string of the molecule is CCCCc1nc2ccc(Br)cc2c(=O)n1N=Cc1cc(OC)c(OCc2ccc(Cl)cc2)c(Cl)c1Br. The molecule has 0 saturated carbocycles. The largest absolute Gasteiger partial charge is 0.493 e. The summed E-state index contributed by atoms with van der Waals surface area (Å²) in [7, 11) is 1.54. The lowest BCUT2D eigenvalue weighted by Gasteiger charge is -2.15. The number of halogens is 4. The molecule has 0 unspecified atom stereocenters. The Morgan fingerprint density at radius 2 is 1.86 bits per heavy atom. The number of fused-ring (bicyclic) bond motifs is 1. The van der Waals surface area contributed by atoms with E-state index in [1.807, 2.05) is 24.3 Å². The van der Waals surface area contributed by atoms with E-state index in [4.69, 9.17) is 37.7 Å². The van der Waals surface area contributed by atoms with Gasteiger partial charge >= 0.3 is 0 Å². The molecule has 6 nitrogen and oxygen atoms in total. The molecule has 4 rings (SSSR count). The predicted octanol–water partition coefficient (Wildman–Crippen LogP) is 8.04. The monoisotopic (exact) mass is 665 g/mol. The molecule has 0 aliphatic rings. The minimum atomic E-state index is -0.245. The van der Waals surface area contributed by atoms with Gasteiger partial charge in [0.2, 0.25) is 0 Å². The van der Waals surface area contributed by atoms with Gasteiger partial charge in [0.1, 0.15) is 17.5 Å². The van der Waals surface area contributed by atoms with Crippen molar-refractivity contribution in [1.29, 1.82) is 0 Å². The molecule has 4 aromatic rings. The lowest BCUT2D eigenvalue weighted by molar-refractivity contribution is 0.284. The highest BCUT2D eigenvalue weighted by Crippen LogP contribution is 2.42. The summed E-state index contributed by atoms with van der Waals surface area (Å²) in [4.78, 5) is 18.1. The first kappa shape index (κ1) is 27.6. The zero-order chi connectivity index (χ0) is 26.5. The Kier molecular flexibility index (Phi) is 9.29. The maximum Gasteiger partial charge on any atom is 0.282 e. The fourth-order valence-corrected chi connectivity index (χ4v) is 4.79. The van der Waals surface area contributed by atoms with Crippen LogP contribution < -0.4 is 15.0 Å². The van der Waals surface area contributed by atoms with Crippen molar-refractivity contribution in [3.8, 4) is 11.5 Å². The van der Waals surface area contributed by atoms with E-state index < -0.39 is 0 Å². The molecule has 37 heavy (non-hydrogen) atoms. The fraction of sp³-hybridized carbons (Fsp3) is 0.222. The van der Waals surface area contributed by atoms with Crippen molar-refractivity contribution in [3.63, 3.8) is 0 Å². The summed E-state index contributed by atoms with van der Waals surface area (Å²) in [5.74, 6) is 1.42. The highest BCUT2D eigenvalue weighted by Gasteiger charge is 2.18. The minimum Gasteiger partial charge on any atom is -0.493 e. The third-order valence-corrected chi connectivity index (χ3v) is 7.80. The number of ether oxygens (including phenoxy) is 2. The topological polar surface area (TPSA) is 65.7 Å². The standard InChI is InChI=1S/C27H23Br2Cl2N3O3/c1-3-4-5-23-33-21-11-8-18(28)13-20(21)27(35)34(23)32-14-17-12-22(36-2)26(25(31)24(17)29)37-15-16-6-9-19(30)10-7-16/h6-14H,3-5,15H2,1-2H3. The Labute approximate surface area is 241 Å². The molecule has 0 bridgehead atoms. The van der Waals surface area contributed by atoms with Gasteiger partial charge in [0.25, 0.3) is 5.56 Å². The smallest absolute Gasteiger partial charge is 0.282 e. The summed E-state index contributed by atoms with van der Waals surface area (Å²) in [5.41, 5.74) is 1.94. The summed E-state index contributed by atoms with van der Waals surface area (Å²) in [5, 5.41) is 5.98. The number of unbranched alkanes of at least 4 members (excludes halogenated alkanes) is 1. The van der Waals surface area contributed by atoms with Gasteiger partial charge < -0.3 is 9.47 Å². The van der Waals surface area contributed by atoms with E-state index in [1.165, 1.54) is 11.8 Å². The molecule has 0 N–H and O–H groups in total. The van der Waals surface area contributed by atoms with Crippen molar-refractivity contribution in [2.75, 3.05) is 7.11 Å². The number of hydrogen-bond donors (Lipinski definition) is 0. The average molecular weight is 668 g/mol. The van der Waals surface area contributed by atoms with Crippen LogP contribution in [-0.4, -0.2) is 23.0 Å². The normalized spacial score (nSPS) is 11.4. The zero-order valence-corrected chi connectivity index (χ0v) is 24.8. The fourth-order valence-electron chi connectivity index (χ4n) is 3.65. The van der Waals surface area contributed by atoms with Gasteiger partial charge in [0.15, 0.2) is 11.5 Å². The number of aryl methyl sites for hydroxylation is 1. The van der Waals surface area contributed by atoms with Gasteiger partial charge in [-0.2, -0.15) is 9.78 Å². The second-order valence-electron chi connectivity index (χ2n) is 8.19. The Morgan fingerprint density at radius 1 is 1.11 bits per heavy atom. The van der Waals surface area contributed by atoms with Crippen molar-refractivity contribution in [3.05, 3.63) is 94.8 Å². The highest BCUT2D eigenvalue weighted by atomic mass is 79.9. The van der Waals surface area contributed by atoms with E-state index in [9.17, 15) is 4.79 Å². The predicted molar refractivity (Wildman–Crippen MR) is 157 cm³/mol. The summed E-state index contributed by atoms with van der Waals surface area (Å²) in [6.45, 7) is 2.37. The quantitative estimate of drug-likeness (QED) is 0.170. The van der Waals surface area contributed by atoms with E-state index in [2.05, 4.69) is 43.9 Å². The second kappa shape index (κ2) is 12.4. The molecule has 0 saturated heterocycles. The first-order valence-electron chi connectivity index (χ1n) is 11.5. The lowest BCUT2D eigenvalue weighted by atomic mass is 10.2. The molecule has 0 aliphatic heterocycles. The zero-order valence-electron chi connectivity index (χ0n) is 20.1. The highest BCUT2D eigenvalue weighted by molar-refractivity contribution is 9.10. The molecule has 0 atom stereocenters. The Morgan fingerprint density at radius 3 is 2.57 bits per heavy atom.